The van der Waals surface area contributed by atoms with E-state index in [0.29, 0.717) is 37.1 Å². The Kier molecular flexibility index (Phi) is 10.3. The molecule has 0 saturated heterocycles. The quantitative estimate of drug-likeness (QED) is 0.493. The zero-order valence-electron chi connectivity index (χ0n) is 19.4. The standard InChI is InChI=1S/C25H30N2O6.ClH/c1-3-33-25(31)21(13-9-17-7-5-4-6-8-17)26-20-14-11-18-10-12-19(32-2)15-22(18)27(24(20)30)16-23(28)29;/h4-8,10,12,15,20-21,26H,3,9,11,13-14,16H2,1-2H3,(H,28,29);1H. The van der Waals surface area contributed by atoms with Gasteiger partial charge in [-0.3, -0.25) is 24.6 Å². The number of hydrogen-bond donors (Lipinski definition) is 2. The van der Waals surface area contributed by atoms with Crippen LogP contribution in [0.15, 0.2) is 48.5 Å². The third kappa shape index (κ3) is 6.95. The fraction of sp³-hybridized carbons (Fsp3) is 0.400. The molecule has 3 rings (SSSR count). The number of fused-ring (bicyclic) bond motifs is 1. The molecule has 1 heterocycles. The van der Waals surface area contributed by atoms with E-state index >= 15 is 0 Å². The maximum atomic E-state index is 13.4. The van der Waals surface area contributed by atoms with Crippen molar-refractivity contribution in [1.29, 1.82) is 0 Å². The van der Waals surface area contributed by atoms with Gasteiger partial charge in [0.1, 0.15) is 18.3 Å². The molecule has 8 nitrogen and oxygen atoms in total. The van der Waals surface area contributed by atoms with Crippen molar-refractivity contribution >= 4 is 35.9 Å². The van der Waals surface area contributed by atoms with Gasteiger partial charge in [-0.15, -0.1) is 12.4 Å². The molecule has 2 aromatic rings. The van der Waals surface area contributed by atoms with Crippen molar-refractivity contribution in [2.24, 2.45) is 0 Å². The van der Waals surface area contributed by atoms with Gasteiger partial charge in [-0.05, 0) is 49.8 Å². The average Bonchev–Trinajstić information content (AvgIpc) is 2.93. The van der Waals surface area contributed by atoms with Crippen molar-refractivity contribution in [3.05, 3.63) is 59.7 Å². The number of ether oxygens (including phenoxy) is 2. The van der Waals surface area contributed by atoms with Crippen molar-refractivity contribution < 1.29 is 29.0 Å². The SMILES string of the molecule is CCOC(=O)C(CCc1ccccc1)NC1CCc2ccc(OC)cc2N(CC(=O)O)C1=O.Cl. The van der Waals surface area contributed by atoms with Gasteiger partial charge in [0.05, 0.1) is 25.4 Å². The molecule has 34 heavy (non-hydrogen) atoms. The van der Waals surface area contributed by atoms with Gasteiger partial charge in [-0.2, -0.15) is 0 Å². The lowest BCUT2D eigenvalue weighted by atomic mass is 10.0. The van der Waals surface area contributed by atoms with Crippen LogP contribution in [0.3, 0.4) is 0 Å². The number of carboxylic acids is 1. The second-order valence-corrected chi connectivity index (χ2v) is 7.90. The Labute approximate surface area is 205 Å². The lowest BCUT2D eigenvalue weighted by molar-refractivity contribution is -0.146. The predicted molar refractivity (Wildman–Crippen MR) is 131 cm³/mol. The van der Waals surface area contributed by atoms with E-state index in [2.05, 4.69) is 5.32 Å². The Bertz CT molecular complexity index is 985. The Morgan fingerprint density at radius 1 is 1.21 bits per heavy atom. The lowest BCUT2D eigenvalue weighted by Crippen LogP contribution is -2.53. The number of aryl methyl sites for hydroxylation is 2. The first kappa shape index (κ1) is 27.1. The Hall–Kier alpha value is -3.10. The highest BCUT2D eigenvalue weighted by molar-refractivity contribution is 6.02. The van der Waals surface area contributed by atoms with Crippen LogP contribution in [0.5, 0.6) is 5.75 Å². The molecule has 0 spiro atoms. The second-order valence-electron chi connectivity index (χ2n) is 7.90. The normalized spacial score (nSPS) is 16.0. The second kappa shape index (κ2) is 13.0. The maximum absolute atomic E-state index is 13.4. The first-order valence-corrected chi connectivity index (χ1v) is 11.1. The number of esters is 1. The molecule has 2 aromatic carbocycles. The summed E-state index contributed by atoms with van der Waals surface area (Å²) >= 11 is 0. The van der Waals surface area contributed by atoms with Crippen LogP contribution in [0.1, 0.15) is 30.9 Å². The summed E-state index contributed by atoms with van der Waals surface area (Å²) in [5.41, 5.74) is 2.45. The summed E-state index contributed by atoms with van der Waals surface area (Å²) < 4.78 is 10.5. The van der Waals surface area contributed by atoms with E-state index in [4.69, 9.17) is 9.47 Å². The fourth-order valence-corrected chi connectivity index (χ4v) is 4.03. The van der Waals surface area contributed by atoms with Crippen LogP contribution in [0.25, 0.3) is 0 Å². The van der Waals surface area contributed by atoms with E-state index in [9.17, 15) is 19.5 Å². The minimum atomic E-state index is -1.12. The van der Waals surface area contributed by atoms with Gasteiger partial charge in [0.25, 0.3) is 0 Å². The van der Waals surface area contributed by atoms with Crippen LogP contribution in [0, 0.1) is 0 Å². The van der Waals surface area contributed by atoms with Crippen LogP contribution in [-0.4, -0.2) is 55.3 Å². The Balaban J connectivity index is 0.00000408. The molecular formula is C25H31ClN2O6. The number of benzene rings is 2. The average molecular weight is 491 g/mol. The van der Waals surface area contributed by atoms with E-state index < -0.39 is 36.5 Å². The third-order valence-corrected chi connectivity index (χ3v) is 5.68. The maximum Gasteiger partial charge on any atom is 0.323 e. The van der Waals surface area contributed by atoms with Crippen LogP contribution in [0.2, 0.25) is 0 Å². The number of carboxylic acid groups (broad SMARTS) is 1. The topological polar surface area (TPSA) is 105 Å². The molecular weight excluding hydrogens is 460 g/mol. The number of hydrogen-bond acceptors (Lipinski definition) is 6. The summed E-state index contributed by atoms with van der Waals surface area (Å²) in [5, 5.41) is 12.6. The highest BCUT2D eigenvalue weighted by Gasteiger charge is 2.34. The number of anilines is 1. The molecule has 184 valence electrons. The van der Waals surface area contributed by atoms with E-state index in [1.165, 1.54) is 12.0 Å². The molecule has 0 aromatic heterocycles. The molecule has 2 atom stereocenters. The lowest BCUT2D eigenvalue weighted by Gasteiger charge is -2.27. The van der Waals surface area contributed by atoms with Gasteiger partial charge in [-0.25, -0.2) is 0 Å². The van der Waals surface area contributed by atoms with E-state index in [0.717, 1.165) is 11.1 Å². The number of nitrogens with one attached hydrogen (secondary N) is 1. The molecule has 0 bridgehead atoms. The van der Waals surface area contributed by atoms with Crippen molar-refractivity contribution in [3.8, 4) is 5.75 Å². The van der Waals surface area contributed by atoms with Crippen molar-refractivity contribution in [2.45, 2.75) is 44.7 Å². The van der Waals surface area contributed by atoms with Crippen LogP contribution < -0.4 is 15.0 Å². The highest BCUT2D eigenvalue weighted by atomic mass is 35.5. The minimum Gasteiger partial charge on any atom is -0.497 e. The van der Waals surface area contributed by atoms with Crippen LogP contribution >= 0.6 is 12.4 Å². The number of carbonyl (C=O) groups excluding carboxylic acids is 2. The van der Waals surface area contributed by atoms with Gasteiger partial charge in [0.2, 0.25) is 5.91 Å². The van der Waals surface area contributed by atoms with Gasteiger partial charge in [-0.1, -0.05) is 36.4 Å². The zero-order valence-corrected chi connectivity index (χ0v) is 20.2. The smallest absolute Gasteiger partial charge is 0.323 e. The summed E-state index contributed by atoms with van der Waals surface area (Å²) in [6.07, 6.45) is 2.06. The minimum absolute atomic E-state index is 0. The summed E-state index contributed by atoms with van der Waals surface area (Å²) in [5.74, 6) is -1.40. The predicted octanol–water partition coefficient (Wildman–Crippen LogP) is 3.00. The largest absolute Gasteiger partial charge is 0.497 e. The molecule has 0 saturated carbocycles. The van der Waals surface area contributed by atoms with Gasteiger partial charge in [0, 0.05) is 6.07 Å². The summed E-state index contributed by atoms with van der Waals surface area (Å²) in [7, 11) is 1.52. The number of amides is 1. The van der Waals surface area contributed by atoms with Crippen molar-refractivity contribution in [1.82, 2.24) is 5.32 Å². The number of methoxy groups -OCH3 is 1. The van der Waals surface area contributed by atoms with Crippen molar-refractivity contribution in [3.63, 3.8) is 0 Å². The molecule has 0 fully saturated rings. The first-order valence-electron chi connectivity index (χ1n) is 11.1. The molecule has 1 amide bonds. The number of nitrogens with zero attached hydrogens (tertiary/aromatic N) is 1. The van der Waals surface area contributed by atoms with E-state index in [-0.39, 0.29) is 19.0 Å². The van der Waals surface area contributed by atoms with E-state index in [1.54, 1.807) is 19.1 Å². The number of rotatable bonds is 10. The summed E-state index contributed by atoms with van der Waals surface area (Å²) in [4.78, 5) is 38.9. The first-order chi connectivity index (χ1) is 15.9. The molecule has 1 aliphatic rings. The molecule has 2 N–H and O–H groups in total. The van der Waals surface area contributed by atoms with Crippen LogP contribution in [-0.2, 0) is 32.0 Å². The number of aliphatic carboxylic acids is 1. The van der Waals surface area contributed by atoms with Crippen molar-refractivity contribution in [2.75, 3.05) is 25.2 Å². The van der Waals surface area contributed by atoms with Gasteiger partial charge < -0.3 is 14.6 Å². The highest BCUT2D eigenvalue weighted by Crippen LogP contribution is 2.31. The Morgan fingerprint density at radius 2 is 1.94 bits per heavy atom. The van der Waals surface area contributed by atoms with E-state index in [1.807, 2.05) is 36.4 Å². The molecule has 9 heteroatoms. The summed E-state index contributed by atoms with van der Waals surface area (Å²) in [6.45, 7) is 1.49. The number of carbonyl (C=O) groups is 3. The van der Waals surface area contributed by atoms with Crippen LogP contribution in [0.4, 0.5) is 5.69 Å². The Morgan fingerprint density at radius 3 is 2.59 bits per heavy atom. The van der Waals surface area contributed by atoms with Gasteiger partial charge >= 0.3 is 11.9 Å². The van der Waals surface area contributed by atoms with Gasteiger partial charge in [0.15, 0.2) is 0 Å². The summed E-state index contributed by atoms with van der Waals surface area (Å²) in [6, 6.07) is 13.7. The monoisotopic (exact) mass is 490 g/mol. The number of halogens is 1. The molecule has 2 unspecified atom stereocenters. The molecule has 0 aliphatic carbocycles. The molecule has 0 radical (unpaired) electrons. The molecule has 1 aliphatic heterocycles. The third-order valence-electron chi connectivity index (χ3n) is 5.68. The zero-order chi connectivity index (χ0) is 23.8. The fourth-order valence-electron chi connectivity index (χ4n) is 4.03.